The quantitative estimate of drug-likeness (QED) is 0.346. The van der Waals surface area contributed by atoms with Gasteiger partial charge >= 0.3 is 51.4 Å². The summed E-state index contributed by atoms with van der Waals surface area (Å²) < 4.78 is 0.493. The summed E-state index contributed by atoms with van der Waals surface area (Å²) >= 11 is 9.50. The molecule has 0 aromatic heterocycles. The molecule has 0 radical (unpaired) electrons. The fourth-order valence-electron chi connectivity index (χ4n) is 1.50. The van der Waals surface area contributed by atoms with E-state index in [0.717, 1.165) is 13.1 Å². The molecular formula is C8H15KN2S2. The van der Waals surface area contributed by atoms with Crippen LogP contribution < -0.4 is 56.7 Å². The first-order chi connectivity index (χ1) is 5.79. The van der Waals surface area contributed by atoms with Crippen molar-refractivity contribution in [2.24, 2.45) is 0 Å². The van der Waals surface area contributed by atoms with E-state index in [9.17, 15) is 0 Å². The van der Waals surface area contributed by atoms with E-state index in [1.807, 2.05) is 0 Å². The Morgan fingerprint density at radius 2 is 1.92 bits per heavy atom. The van der Waals surface area contributed by atoms with Gasteiger partial charge in [0.1, 0.15) is 0 Å². The molecule has 0 atom stereocenters. The van der Waals surface area contributed by atoms with Gasteiger partial charge in [-0.05, 0) is 25.9 Å². The van der Waals surface area contributed by atoms with Crippen LogP contribution in [-0.2, 0) is 12.6 Å². The molecule has 5 heteroatoms. The van der Waals surface area contributed by atoms with Gasteiger partial charge in [-0.3, -0.25) is 0 Å². The Kier molecular flexibility index (Phi) is 10.1. The molecule has 1 fully saturated rings. The first-order valence-electron chi connectivity index (χ1n) is 4.46. The molecular weight excluding hydrogens is 227 g/mol. The maximum atomic E-state index is 4.75. The number of thiocarbonyl (C=S) groups is 1. The van der Waals surface area contributed by atoms with E-state index >= 15 is 0 Å². The second kappa shape index (κ2) is 8.97. The van der Waals surface area contributed by atoms with Crippen LogP contribution in [-0.4, -0.2) is 35.4 Å². The van der Waals surface area contributed by atoms with Gasteiger partial charge in [0.2, 0.25) is 0 Å². The molecule has 13 heavy (non-hydrogen) atoms. The molecule has 0 unspecified atom stereocenters. The van der Waals surface area contributed by atoms with Gasteiger partial charge in [-0.1, -0.05) is 10.7 Å². The SMILES string of the molecule is S=C([S-])NCCN1CCCCC1.[K+]. The van der Waals surface area contributed by atoms with Crippen LogP contribution in [0.5, 0.6) is 0 Å². The standard InChI is InChI=1S/C8H16N2S2.K/c11-8(12)9-4-7-10-5-2-1-3-6-10;/h1-7H2,(H2,9,11,12);/q;+1/p-1. The van der Waals surface area contributed by atoms with Crippen molar-refractivity contribution >= 4 is 29.2 Å². The predicted molar refractivity (Wildman–Crippen MR) is 58.3 cm³/mol. The number of rotatable bonds is 3. The summed E-state index contributed by atoms with van der Waals surface area (Å²) in [7, 11) is 0. The largest absolute Gasteiger partial charge is 1.00 e. The summed E-state index contributed by atoms with van der Waals surface area (Å²) in [5.74, 6) is 0. The van der Waals surface area contributed by atoms with Crippen molar-refractivity contribution in [3.63, 3.8) is 0 Å². The van der Waals surface area contributed by atoms with Crippen LogP contribution in [0.15, 0.2) is 0 Å². The van der Waals surface area contributed by atoms with Crippen molar-refractivity contribution in [1.82, 2.24) is 10.2 Å². The molecule has 1 rings (SSSR count). The summed E-state index contributed by atoms with van der Waals surface area (Å²) in [4.78, 5) is 2.46. The van der Waals surface area contributed by atoms with E-state index in [1.165, 1.54) is 32.4 Å². The van der Waals surface area contributed by atoms with Gasteiger partial charge in [0.15, 0.2) is 0 Å². The minimum absolute atomic E-state index is 0. The topological polar surface area (TPSA) is 15.3 Å². The van der Waals surface area contributed by atoms with Crippen molar-refractivity contribution < 1.29 is 51.4 Å². The molecule has 0 aromatic carbocycles. The fraction of sp³-hybridized carbons (Fsp3) is 0.875. The van der Waals surface area contributed by atoms with Crippen molar-refractivity contribution in [3.8, 4) is 0 Å². The Labute approximate surface area is 134 Å². The van der Waals surface area contributed by atoms with Gasteiger partial charge in [-0.2, -0.15) is 0 Å². The molecule has 0 aromatic rings. The van der Waals surface area contributed by atoms with E-state index < -0.39 is 0 Å². The number of hydrogen-bond acceptors (Lipinski definition) is 3. The summed E-state index contributed by atoms with van der Waals surface area (Å²) in [6.07, 6.45) is 4.08. The third-order valence-electron chi connectivity index (χ3n) is 2.15. The molecule has 1 aliphatic heterocycles. The minimum atomic E-state index is 0. The zero-order valence-corrected chi connectivity index (χ0v) is 13.0. The van der Waals surface area contributed by atoms with Crippen LogP contribution in [0, 0.1) is 0 Å². The molecule has 2 nitrogen and oxygen atoms in total. The van der Waals surface area contributed by atoms with Crippen LogP contribution in [0.1, 0.15) is 19.3 Å². The van der Waals surface area contributed by atoms with Crippen molar-refractivity contribution in [2.45, 2.75) is 19.3 Å². The van der Waals surface area contributed by atoms with Crippen molar-refractivity contribution in [3.05, 3.63) is 0 Å². The van der Waals surface area contributed by atoms with Crippen molar-refractivity contribution in [1.29, 1.82) is 0 Å². The van der Waals surface area contributed by atoms with Crippen LogP contribution in [0.2, 0.25) is 0 Å². The number of piperidine rings is 1. The van der Waals surface area contributed by atoms with E-state index in [2.05, 4.69) is 10.2 Å². The van der Waals surface area contributed by atoms with Gasteiger partial charge in [-0.15, -0.1) is 0 Å². The number of nitrogens with one attached hydrogen (secondary N) is 1. The molecule has 1 saturated heterocycles. The average Bonchev–Trinajstić information content (AvgIpc) is 2.05. The van der Waals surface area contributed by atoms with Crippen LogP contribution in [0.25, 0.3) is 0 Å². The van der Waals surface area contributed by atoms with E-state index in [4.69, 9.17) is 24.8 Å². The zero-order valence-electron chi connectivity index (χ0n) is 8.21. The molecule has 70 valence electrons. The maximum absolute atomic E-state index is 4.75. The Morgan fingerprint density at radius 3 is 2.46 bits per heavy atom. The second-order valence-corrected chi connectivity index (χ2v) is 4.19. The minimum Gasteiger partial charge on any atom is -0.412 e. The van der Waals surface area contributed by atoms with Crippen LogP contribution >= 0.6 is 12.2 Å². The van der Waals surface area contributed by atoms with Crippen molar-refractivity contribution in [2.75, 3.05) is 26.2 Å². The van der Waals surface area contributed by atoms with Crippen LogP contribution in [0.3, 0.4) is 0 Å². The van der Waals surface area contributed by atoms with E-state index in [0.29, 0.717) is 4.32 Å². The summed E-state index contributed by atoms with van der Waals surface area (Å²) in [6.45, 7) is 4.47. The van der Waals surface area contributed by atoms with Gasteiger partial charge in [-0.25, -0.2) is 0 Å². The molecule has 0 aliphatic carbocycles. The fourth-order valence-corrected chi connectivity index (χ4v) is 1.70. The number of nitrogens with zero attached hydrogens (tertiary/aromatic N) is 1. The molecule has 1 heterocycles. The Morgan fingerprint density at radius 1 is 1.31 bits per heavy atom. The predicted octanol–water partition coefficient (Wildman–Crippen LogP) is -2.10. The van der Waals surface area contributed by atoms with Gasteiger partial charge in [0.05, 0.1) is 0 Å². The third-order valence-corrected chi connectivity index (χ3v) is 2.43. The van der Waals surface area contributed by atoms with Crippen LogP contribution in [0.4, 0.5) is 0 Å². The molecule has 0 bridgehead atoms. The maximum Gasteiger partial charge on any atom is 1.00 e. The third kappa shape index (κ3) is 7.61. The summed E-state index contributed by atoms with van der Waals surface area (Å²) in [6, 6.07) is 0. The first kappa shape index (κ1) is 14.7. The molecule has 0 amide bonds. The molecule has 0 spiro atoms. The van der Waals surface area contributed by atoms with E-state index in [-0.39, 0.29) is 51.4 Å². The Balaban J connectivity index is 0.00000144. The zero-order chi connectivity index (χ0) is 8.81. The first-order valence-corrected chi connectivity index (χ1v) is 5.28. The summed E-state index contributed by atoms with van der Waals surface area (Å²) in [5, 5.41) is 3.00. The van der Waals surface area contributed by atoms with Gasteiger partial charge in [0, 0.05) is 13.1 Å². The number of hydrogen-bond donors (Lipinski definition) is 1. The molecule has 1 aliphatic rings. The Hall–Kier alpha value is 1.71. The van der Waals surface area contributed by atoms with Gasteiger partial charge in [0.25, 0.3) is 0 Å². The molecule has 1 N–H and O–H groups in total. The summed E-state index contributed by atoms with van der Waals surface area (Å²) in [5.41, 5.74) is 0. The second-order valence-electron chi connectivity index (χ2n) is 3.12. The molecule has 0 saturated carbocycles. The normalized spacial score (nSPS) is 17.5. The smallest absolute Gasteiger partial charge is 0.412 e. The van der Waals surface area contributed by atoms with E-state index in [1.54, 1.807) is 0 Å². The number of likely N-dealkylation sites (tertiary alicyclic amines) is 1. The Bertz CT molecular complexity index is 149. The van der Waals surface area contributed by atoms with Gasteiger partial charge < -0.3 is 35.1 Å². The average molecular weight is 242 g/mol. The monoisotopic (exact) mass is 242 g/mol.